The van der Waals surface area contributed by atoms with Crippen molar-refractivity contribution in [3.05, 3.63) is 40.5 Å². The molecule has 1 aromatic heterocycles. The summed E-state index contributed by atoms with van der Waals surface area (Å²) in [5, 5.41) is 3.92. The third-order valence-corrected chi connectivity index (χ3v) is 3.40. The maximum absolute atomic E-state index is 13.2. The first-order valence-corrected chi connectivity index (χ1v) is 7.05. The molecule has 1 aliphatic rings. The summed E-state index contributed by atoms with van der Waals surface area (Å²) in [6.07, 6.45) is -5.83. The van der Waals surface area contributed by atoms with Gasteiger partial charge in [-0.1, -0.05) is 17.7 Å². The highest BCUT2D eigenvalue weighted by molar-refractivity contribution is 6.30. The van der Waals surface area contributed by atoms with Crippen LogP contribution in [-0.4, -0.2) is 23.0 Å². The van der Waals surface area contributed by atoms with E-state index in [1.165, 1.54) is 13.1 Å². The summed E-state index contributed by atoms with van der Waals surface area (Å²) < 4.78 is 56.7. The maximum atomic E-state index is 13.2. The van der Waals surface area contributed by atoms with Crippen molar-refractivity contribution in [1.82, 2.24) is 9.78 Å². The van der Waals surface area contributed by atoms with E-state index in [0.29, 0.717) is 5.02 Å². The Labute approximate surface area is 134 Å². The van der Waals surface area contributed by atoms with Gasteiger partial charge in [-0.25, -0.2) is 4.68 Å². The number of nitrogens with zero attached hydrogens (tertiary/aromatic N) is 2. The van der Waals surface area contributed by atoms with Gasteiger partial charge in [-0.05, 0) is 18.2 Å². The van der Waals surface area contributed by atoms with Crippen LogP contribution in [0.4, 0.5) is 13.2 Å². The van der Waals surface area contributed by atoms with Gasteiger partial charge >= 0.3 is 6.18 Å². The van der Waals surface area contributed by atoms with Crippen LogP contribution >= 0.6 is 11.6 Å². The first-order valence-electron chi connectivity index (χ1n) is 6.67. The molecule has 1 saturated heterocycles. The summed E-state index contributed by atoms with van der Waals surface area (Å²) in [5.74, 6) is 0.181. The molecule has 2 aromatic rings. The summed E-state index contributed by atoms with van der Waals surface area (Å²) in [5.41, 5.74) is -1.37. The molecule has 0 atom stereocenters. The highest BCUT2D eigenvalue weighted by Crippen LogP contribution is 2.42. The van der Waals surface area contributed by atoms with Crippen molar-refractivity contribution >= 4 is 11.6 Å². The van der Waals surface area contributed by atoms with Crippen molar-refractivity contribution in [1.29, 1.82) is 0 Å². The van der Waals surface area contributed by atoms with E-state index in [4.69, 9.17) is 25.8 Å². The van der Waals surface area contributed by atoms with Crippen molar-refractivity contribution in [2.45, 2.75) is 12.5 Å². The monoisotopic (exact) mass is 348 g/mol. The molecular formula is C14H12ClF3N2O3. The minimum Gasteiger partial charge on any atom is -0.439 e. The zero-order valence-electron chi connectivity index (χ0n) is 11.9. The molecule has 0 spiro atoms. The fourth-order valence-corrected chi connectivity index (χ4v) is 2.42. The fraction of sp³-hybridized carbons (Fsp3) is 0.357. The van der Waals surface area contributed by atoms with Crippen LogP contribution in [0, 0.1) is 0 Å². The van der Waals surface area contributed by atoms with E-state index < -0.39 is 18.2 Å². The van der Waals surface area contributed by atoms with Gasteiger partial charge in [0.2, 0.25) is 5.88 Å². The van der Waals surface area contributed by atoms with Gasteiger partial charge in [0.05, 0.1) is 13.2 Å². The first-order chi connectivity index (χ1) is 10.9. The molecule has 9 heteroatoms. The van der Waals surface area contributed by atoms with Crippen LogP contribution in [0.15, 0.2) is 24.3 Å². The molecule has 1 aliphatic heterocycles. The van der Waals surface area contributed by atoms with E-state index >= 15 is 0 Å². The van der Waals surface area contributed by atoms with Gasteiger partial charge in [0, 0.05) is 12.1 Å². The Hall–Kier alpha value is -1.77. The van der Waals surface area contributed by atoms with E-state index in [9.17, 15) is 13.2 Å². The molecule has 5 nitrogen and oxygen atoms in total. The minimum atomic E-state index is -4.65. The van der Waals surface area contributed by atoms with E-state index in [1.807, 2.05) is 0 Å². The topological polar surface area (TPSA) is 45.5 Å². The Morgan fingerprint density at radius 2 is 2.00 bits per heavy atom. The molecule has 2 heterocycles. The Bertz CT molecular complexity index is 712. The van der Waals surface area contributed by atoms with Crippen LogP contribution in [0.5, 0.6) is 11.6 Å². The summed E-state index contributed by atoms with van der Waals surface area (Å²) in [7, 11) is 1.35. The molecule has 0 N–H and O–H groups in total. The first kappa shape index (κ1) is 16.1. The molecule has 23 heavy (non-hydrogen) atoms. The SMILES string of the molecule is Cn1nc(C(F)(F)F)c(C2OCCO2)c1Oc1cccc(Cl)c1. The number of benzene rings is 1. The van der Waals surface area contributed by atoms with Crippen LogP contribution in [-0.2, 0) is 22.7 Å². The summed E-state index contributed by atoms with van der Waals surface area (Å²) in [6.45, 7) is 0.404. The number of aryl methyl sites for hydroxylation is 1. The average Bonchev–Trinajstić information content (AvgIpc) is 3.07. The Balaban J connectivity index is 2.06. The molecule has 0 aliphatic carbocycles. The maximum Gasteiger partial charge on any atom is 0.435 e. The summed E-state index contributed by atoms with van der Waals surface area (Å²) in [4.78, 5) is 0. The molecule has 0 radical (unpaired) electrons. The van der Waals surface area contributed by atoms with Gasteiger partial charge in [-0.2, -0.15) is 18.3 Å². The Morgan fingerprint density at radius 3 is 2.61 bits per heavy atom. The number of ether oxygens (including phenoxy) is 3. The van der Waals surface area contributed by atoms with Crippen molar-refractivity contribution in [3.63, 3.8) is 0 Å². The number of halogens is 4. The van der Waals surface area contributed by atoms with Crippen molar-refractivity contribution in [3.8, 4) is 11.6 Å². The lowest BCUT2D eigenvalue weighted by Crippen LogP contribution is -2.12. The minimum absolute atomic E-state index is 0.105. The van der Waals surface area contributed by atoms with Crippen LogP contribution < -0.4 is 4.74 Å². The quantitative estimate of drug-likeness (QED) is 0.843. The zero-order chi connectivity index (χ0) is 16.6. The van der Waals surface area contributed by atoms with Crippen LogP contribution in [0.1, 0.15) is 17.5 Å². The Kier molecular flexibility index (Phi) is 4.22. The zero-order valence-corrected chi connectivity index (χ0v) is 12.7. The molecule has 124 valence electrons. The van der Waals surface area contributed by atoms with E-state index in [0.717, 1.165) is 4.68 Å². The van der Waals surface area contributed by atoms with Crippen LogP contribution in [0.2, 0.25) is 5.02 Å². The molecule has 0 saturated carbocycles. The normalized spacial score (nSPS) is 16.0. The van der Waals surface area contributed by atoms with Gasteiger partial charge in [0.15, 0.2) is 12.0 Å². The second kappa shape index (κ2) is 6.03. The third kappa shape index (κ3) is 3.29. The second-order valence-corrected chi connectivity index (χ2v) is 5.26. The molecular weight excluding hydrogens is 337 g/mol. The van der Waals surface area contributed by atoms with Gasteiger partial charge in [0.1, 0.15) is 11.3 Å². The lowest BCUT2D eigenvalue weighted by molar-refractivity contribution is -0.146. The van der Waals surface area contributed by atoms with Crippen LogP contribution in [0.25, 0.3) is 0 Å². The molecule has 3 rings (SSSR count). The van der Waals surface area contributed by atoms with E-state index in [-0.39, 0.29) is 30.4 Å². The molecule has 0 unspecified atom stereocenters. The predicted molar refractivity (Wildman–Crippen MR) is 74.4 cm³/mol. The number of hydrogen-bond donors (Lipinski definition) is 0. The second-order valence-electron chi connectivity index (χ2n) is 4.82. The number of aromatic nitrogens is 2. The van der Waals surface area contributed by atoms with Crippen molar-refractivity contribution in [2.24, 2.45) is 7.05 Å². The fourth-order valence-electron chi connectivity index (χ4n) is 2.23. The highest BCUT2D eigenvalue weighted by atomic mass is 35.5. The van der Waals surface area contributed by atoms with Crippen LogP contribution in [0.3, 0.4) is 0 Å². The Morgan fingerprint density at radius 1 is 1.30 bits per heavy atom. The smallest absolute Gasteiger partial charge is 0.435 e. The molecule has 0 bridgehead atoms. The third-order valence-electron chi connectivity index (χ3n) is 3.17. The standard InChI is InChI=1S/C14H12ClF3N2O3/c1-20-12(23-9-4-2-3-8(15)7-9)10(13-21-5-6-22-13)11(19-20)14(16,17)18/h2-4,7,13H,5-6H2,1H3. The average molecular weight is 349 g/mol. The van der Waals surface area contributed by atoms with Gasteiger partial charge < -0.3 is 14.2 Å². The number of alkyl halides is 3. The lowest BCUT2D eigenvalue weighted by atomic mass is 10.2. The molecule has 0 amide bonds. The van der Waals surface area contributed by atoms with Gasteiger partial charge in [-0.15, -0.1) is 0 Å². The molecule has 1 fully saturated rings. The predicted octanol–water partition coefficient (Wildman–Crippen LogP) is 3.93. The van der Waals surface area contributed by atoms with Crippen molar-refractivity contribution < 1.29 is 27.4 Å². The highest BCUT2D eigenvalue weighted by Gasteiger charge is 2.43. The lowest BCUT2D eigenvalue weighted by Gasteiger charge is -2.14. The van der Waals surface area contributed by atoms with E-state index in [2.05, 4.69) is 5.10 Å². The largest absolute Gasteiger partial charge is 0.439 e. The van der Waals surface area contributed by atoms with Crippen molar-refractivity contribution in [2.75, 3.05) is 13.2 Å². The van der Waals surface area contributed by atoms with E-state index in [1.54, 1.807) is 18.2 Å². The summed E-state index contributed by atoms with van der Waals surface area (Å²) in [6, 6.07) is 6.32. The molecule has 1 aromatic carbocycles. The summed E-state index contributed by atoms with van der Waals surface area (Å²) >= 11 is 5.86. The number of rotatable bonds is 3. The number of hydrogen-bond acceptors (Lipinski definition) is 4. The van der Waals surface area contributed by atoms with Gasteiger partial charge in [-0.3, -0.25) is 0 Å². The van der Waals surface area contributed by atoms with Gasteiger partial charge in [0.25, 0.3) is 0 Å².